The monoisotopic (exact) mass is 238 g/mol. The molecule has 17 heavy (non-hydrogen) atoms. The molecule has 1 atom stereocenters. The maximum absolute atomic E-state index is 12.9. The van der Waals surface area contributed by atoms with Crippen LogP contribution in [0.3, 0.4) is 0 Å². The average Bonchev–Trinajstić information content (AvgIpc) is 2.32. The Balaban J connectivity index is 3.12. The molecule has 0 aliphatic rings. The van der Waals surface area contributed by atoms with E-state index in [0.717, 1.165) is 6.42 Å². The van der Waals surface area contributed by atoms with Gasteiger partial charge >= 0.3 is 0 Å². The highest BCUT2D eigenvalue weighted by Gasteiger charge is 2.35. The van der Waals surface area contributed by atoms with E-state index in [0.29, 0.717) is 18.5 Å². The van der Waals surface area contributed by atoms with E-state index in [-0.39, 0.29) is 5.82 Å². The molecule has 0 radical (unpaired) electrons. The number of hydrogen-bond donors (Lipinski definition) is 2. The molecule has 1 aromatic carbocycles. The van der Waals surface area contributed by atoms with Gasteiger partial charge in [0.25, 0.3) is 0 Å². The van der Waals surface area contributed by atoms with Crippen LogP contribution in [-0.2, 0) is 10.3 Å². The molecule has 3 N–H and O–H groups in total. The van der Waals surface area contributed by atoms with Crippen molar-refractivity contribution in [3.63, 3.8) is 0 Å². The predicted molar refractivity (Wildman–Crippen MR) is 65.9 cm³/mol. The van der Waals surface area contributed by atoms with Crippen LogP contribution in [0.15, 0.2) is 24.3 Å². The molecule has 94 valence electrons. The Bertz CT molecular complexity index is 378. The Morgan fingerprint density at radius 1 is 1.35 bits per heavy atom. The summed E-state index contributed by atoms with van der Waals surface area (Å²) in [5.74, 6) is -0.751. The summed E-state index contributed by atoms with van der Waals surface area (Å²) in [5.41, 5.74) is 5.31. The molecule has 3 nitrogen and oxygen atoms in total. The van der Waals surface area contributed by atoms with Crippen LogP contribution in [0.4, 0.5) is 4.39 Å². The standard InChI is InChI=1S/C13H19FN2O/c1-3-9-16-13(4-2,12(15)17)10-5-7-11(14)8-6-10/h5-8,16H,3-4,9H2,1-2H3,(H2,15,17). The fourth-order valence-corrected chi connectivity index (χ4v) is 1.91. The first-order valence-electron chi connectivity index (χ1n) is 5.87. The topological polar surface area (TPSA) is 55.1 Å². The zero-order valence-corrected chi connectivity index (χ0v) is 10.3. The number of nitrogens with one attached hydrogen (secondary N) is 1. The zero-order valence-electron chi connectivity index (χ0n) is 10.3. The summed E-state index contributed by atoms with van der Waals surface area (Å²) >= 11 is 0. The molecule has 0 fully saturated rings. The lowest BCUT2D eigenvalue weighted by Gasteiger charge is -2.31. The summed E-state index contributed by atoms with van der Waals surface area (Å²) in [5, 5.41) is 3.17. The van der Waals surface area contributed by atoms with Crippen molar-refractivity contribution in [3.8, 4) is 0 Å². The summed E-state index contributed by atoms with van der Waals surface area (Å²) in [6.07, 6.45) is 1.43. The Morgan fingerprint density at radius 2 is 1.94 bits per heavy atom. The molecular weight excluding hydrogens is 219 g/mol. The lowest BCUT2D eigenvalue weighted by atomic mass is 9.86. The van der Waals surface area contributed by atoms with E-state index < -0.39 is 11.4 Å². The van der Waals surface area contributed by atoms with Crippen LogP contribution in [0.1, 0.15) is 32.3 Å². The van der Waals surface area contributed by atoms with Gasteiger partial charge < -0.3 is 5.73 Å². The normalized spacial score (nSPS) is 14.3. The quantitative estimate of drug-likeness (QED) is 0.795. The van der Waals surface area contributed by atoms with E-state index in [2.05, 4.69) is 5.32 Å². The van der Waals surface area contributed by atoms with Crippen molar-refractivity contribution in [3.05, 3.63) is 35.6 Å². The number of nitrogens with two attached hydrogens (primary N) is 1. The van der Waals surface area contributed by atoms with E-state index >= 15 is 0 Å². The van der Waals surface area contributed by atoms with Crippen LogP contribution in [0, 0.1) is 5.82 Å². The average molecular weight is 238 g/mol. The van der Waals surface area contributed by atoms with Crippen LogP contribution in [-0.4, -0.2) is 12.5 Å². The van der Waals surface area contributed by atoms with Crippen molar-refractivity contribution < 1.29 is 9.18 Å². The van der Waals surface area contributed by atoms with Crippen molar-refractivity contribution >= 4 is 5.91 Å². The minimum Gasteiger partial charge on any atom is -0.368 e. The van der Waals surface area contributed by atoms with E-state index in [4.69, 9.17) is 5.73 Å². The molecule has 4 heteroatoms. The largest absolute Gasteiger partial charge is 0.368 e. The number of rotatable bonds is 6. The van der Waals surface area contributed by atoms with Crippen molar-refractivity contribution in [2.24, 2.45) is 5.73 Å². The van der Waals surface area contributed by atoms with Gasteiger partial charge in [0.05, 0.1) is 0 Å². The molecule has 1 aromatic rings. The predicted octanol–water partition coefficient (Wildman–Crippen LogP) is 1.92. The van der Waals surface area contributed by atoms with Crippen molar-refractivity contribution in [1.82, 2.24) is 5.32 Å². The SMILES string of the molecule is CCCNC(CC)(C(N)=O)c1ccc(F)cc1. The highest BCUT2D eigenvalue weighted by Crippen LogP contribution is 2.25. The van der Waals surface area contributed by atoms with Gasteiger partial charge in [-0.05, 0) is 37.1 Å². The van der Waals surface area contributed by atoms with E-state index in [9.17, 15) is 9.18 Å². The molecular formula is C13H19FN2O. The number of carbonyl (C=O) groups is 1. The molecule has 0 aliphatic heterocycles. The van der Waals surface area contributed by atoms with Gasteiger partial charge in [0.1, 0.15) is 11.4 Å². The molecule has 1 amide bonds. The molecule has 1 unspecified atom stereocenters. The molecule has 0 bridgehead atoms. The lowest BCUT2D eigenvalue weighted by Crippen LogP contribution is -2.52. The van der Waals surface area contributed by atoms with Crippen LogP contribution in [0.5, 0.6) is 0 Å². The number of amides is 1. The third-order valence-corrected chi connectivity index (χ3v) is 2.96. The first kappa shape index (κ1) is 13.6. The van der Waals surface area contributed by atoms with Crippen molar-refractivity contribution in [2.45, 2.75) is 32.2 Å². The fourth-order valence-electron chi connectivity index (χ4n) is 1.91. The summed E-state index contributed by atoms with van der Waals surface area (Å²) in [6.45, 7) is 4.59. The third kappa shape index (κ3) is 2.82. The highest BCUT2D eigenvalue weighted by atomic mass is 19.1. The minimum atomic E-state index is -0.899. The first-order valence-corrected chi connectivity index (χ1v) is 5.87. The van der Waals surface area contributed by atoms with Gasteiger partial charge in [0.2, 0.25) is 5.91 Å². The molecule has 0 saturated carbocycles. The third-order valence-electron chi connectivity index (χ3n) is 2.96. The van der Waals surface area contributed by atoms with Gasteiger partial charge in [-0.3, -0.25) is 10.1 Å². The van der Waals surface area contributed by atoms with Crippen LogP contribution in [0.25, 0.3) is 0 Å². The first-order chi connectivity index (χ1) is 8.06. The van der Waals surface area contributed by atoms with E-state index in [1.165, 1.54) is 12.1 Å². The van der Waals surface area contributed by atoms with Gasteiger partial charge in [-0.2, -0.15) is 0 Å². The number of primary amides is 1. The maximum atomic E-state index is 12.9. The number of hydrogen-bond acceptors (Lipinski definition) is 2. The molecule has 0 spiro atoms. The summed E-state index contributed by atoms with van der Waals surface area (Å²) in [6, 6.07) is 5.89. The van der Waals surface area contributed by atoms with Gasteiger partial charge in [0.15, 0.2) is 0 Å². The molecule has 1 rings (SSSR count). The van der Waals surface area contributed by atoms with Gasteiger partial charge in [0, 0.05) is 0 Å². The number of halogens is 1. The van der Waals surface area contributed by atoms with Gasteiger partial charge in [-0.25, -0.2) is 4.39 Å². The zero-order chi connectivity index (χ0) is 12.9. The second-order valence-corrected chi connectivity index (χ2v) is 4.06. The Kier molecular flexibility index (Phi) is 4.63. The second kappa shape index (κ2) is 5.77. The maximum Gasteiger partial charge on any atom is 0.242 e. The summed E-state index contributed by atoms with van der Waals surface area (Å²) in [7, 11) is 0. The number of benzene rings is 1. The van der Waals surface area contributed by atoms with Crippen LogP contribution in [0.2, 0.25) is 0 Å². The van der Waals surface area contributed by atoms with Crippen LogP contribution >= 0.6 is 0 Å². The summed E-state index contributed by atoms with van der Waals surface area (Å²) in [4.78, 5) is 11.7. The molecule has 0 saturated heterocycles. The lowest BCUT2D eigenvalue weighted by molar-refractivity contribution is -0.125. The van der Waals surface area contributed by atoms with E-state index in [1.807, 2.05) is 13.8 Å². The molecule has 0 heterocycles. The van der Waals surface area contributed by atoms with Gasteiger partial charge in [-0.1, -0.05) is 26.0 Å². The van der Waals surface area contributed by atoms with Crippen LogP contribution < -0.4 is 11.1 Å². The van der Waals surface area contributed by atoms with E-state index in [1.54, 1.807) is 12.1 Å². The van der Waals surface area contributed by atoms with Crippen molar-refractivity contribution in [1.29, 1.82) is 0 Å². The second-order valence-electron chi connectivity index (χ2n) is 4.06. The molecule has 0 aromatic heterocycles. The Morgan fingerprint density at radius 3 is 2.35 bits per heavy atom. The molecule has 0 aliphatic carbocycles. The Labute approximate surface area is 101 Å². The smallest absolute Gasteiger partial charge is 0.242 e. The van der Waals surface area contributed by atoms with Crippen molar-refractivity contribution in [2.75, 3.05) is 6.54 Å². The highest BCUT2D eigenvalue weighted by molar-refractivity contribution is 5.86. The minimum absolute atomic E-state index is 0.321. The van der Waals surface area contributed by atoms with Gasteiger partial charge in [-0.15, -0.1) is 0 Å². The fraction of sp³-hybridized carbons (Fsp3) is 0.462. The number of carbonyl (C=O) groups excluding carboxylic acids is 1. The Hall–Kier alpha value is -1.42. The summed E-state index contributed by atoms with van der Waals surface area (Å²) < 4.78 is 12.9.